The van der Waals surface area contributed by atoms with E-state index >= 15 is 0 Å². The molecule has 0 saturated carbocycles. The van der Waals surface area contributed by atoms with Crippen molar-refractivity contribution in [2.75, 3.05) is 11.3 Å². The first-order valence-electron chi connectivity index (χ1n) is 7.81. The van der Waals surface area contributed by atoms with E-state index < -0.39 is 0 Å². The molecule has 0 fully saturated rings. The van der Waals surface area contributed by atoms with E-state index in [4.69, 9.17) is 5.84 Å². The quantitative estimate of drug-likeness (QED) is 0.255. The molecular formula is C18H17BrN6S. The number of anilines is 1. The average Bonchev–Trinajstić information content (AvgIpc) is 3.01. The van der Waals surface area contributed by atoms with Crippen LogP contribution in [0.15, 0.2) is 75.4 Å². The number of hydrogen-bond acceptors (Lipinski definition) is 6. The molecule has 0 spiro atoms. The average molecular weight is 429 g/mol. The lowest BCUT2D eigenvalue weighted by molar-refractivity contribution is 0.847. The largest absolute Gasteiger partial charge is 0.334 e. The van der Waals surface area contributed by atoms with Crippen molar-refractivity contribution in [2.24, 2.45) is 5.10 Å². The molecule has 0 radical (unpaired) electrons. The van der Waals surface area contributed by atoms with Crippen molar-refractivity contribution in [1.82, 2.24) is 14.9 Å². The molecule has 3 rings (SSSR count). The third-order valence-corrected chi connectivity index (χ3v) is 4.84. The minimum atomic E-state index is 0.381. The molecule has 132 valence electrons. The molecule has 6 nitrogen and oxygen atoms in total. The highest BCUT2D eigenvalue weighted by atomic mass is 79.9. The third kappa shape index (κ3) is 5.21. The Kier molecular flexibility index (Phi) is 6.45. The number of hydrazone groups is 1. The Morgan fingerprint density at radius 3 is 2.81 bits per heavy atom. The molecule has 3 aromatic rings. The SMILES string of the molecule is Nn1c(N/N=C/C=C/c2ccccc2)nnc1SCc1cccc(Br)c1. The van der Waals surface area contributed by atoms with Crippen molar-refractivity contribution in [3.05, 3.63) is 76.3 Å². The van der Waals surface area contributed by atoms with Gasteiger partial charge in [-0.25, -0.2) is 10.1 Å². The van der Waals surface area contributed by atoms with Gasteiger partial charge < -0.3 is 5.84 Å². The van der Waals surface area contributed by atoms with Crippen LogP contribution < -0.4 is 11.3 Å². The maximum Gasteiger partial charge on any atom is 0.264 e. The molecule has 0 aliphatic heterocycles. The molecule has 0 saturated heterocycles. The number of aromatic nitrogens is 3. The fourth-order valence-corrected chi connectivity index (χ4v) is 3.33. The number of rotatable bonds is 7. The first-order chi connectivity index (χ1) is 12.7. The topological polar surface area (TPSA) is 81.1 Å². The molecule has 1 aromatic heterocycles. The highest BCUT2D eigenvalue weighted by Crippen LogP contribution is 2.23. The molecular weight excluding hydrogens is 412 g/mol. The van der Waals surface area contributed by atoms with E-state index in [-0.39, 0.29) is 0 Å². The summed E-state index contributed by atoms with van der Waals surface area (Å²) in [5.41, 5.74) is 5.06. The van der Waals surface area contributed by atoms with Gasteiger partial charge in [-0.1, -0.05) is 76.2 Å². The Labute approximate surface area is 164 Å². The molecule has 0 amide bonds. The number of nitrogens with one attached hydrogen (secondary N) is 1. The molecule has 0 bridgehead atoms. The number of nitrogen functional groups attached to an aromatic ring is 1. The van der Waals surface area contributed by atoms with Gasteiger partial charge in [-0.3, -0.25) is 0 Å². The monoisotopic (exact) mass is 428 g/mol. The molecule has 0 unspecified atom stereocenters. The molecule has 1 heterocycles. The number of nitrogens with two attached hydrogens (primary N) is 1. The van der Waals surface area contributed by atoms with Gasteiger partial charge in [0.1, 0.15) is 0 Å². The van der Waals surface area contributed by atoms with Crippen LogP contribution in [-0.2, 0) is 5.75 Å². The summed E-state index contributed by atoms with van der Waals surface area (Å²) in [4.78, 5) is 0. The van der Waals surface area contributed by atoms with Crippen LogP contribution in [-0.4, -0.2) is 21.1 Å². The van der Waals surface area contributed by atoms with E-state index in [0.29, 0.717) is 11.1 Å². The van der Waals surface area contributed by atoms with E-state index in [1.165, 1.54) is 22.0 Å². The van der Waals surface area contributed by atoms with Crippen molar-refractivity contribution >= 4 is 45.9 Å². The predicted octanol–water partition coefficient (Wildman–Crippen LogP) is 4.16. The molecule has 2 aromatic carbocycles. The first-order valence-corrected chi connectivity index (χ1v) is 9.59. The number of thioether (sulfide) groups is 1. The molecule has 26 heavy (non-hydrogen) atoms. The van der Waals surface area contributed by atoms with E-state index in [0.717, 1.165) is 15.8 Å². The summed E-state index contributed by atoms with van der Waals surface area (Å²) in [5.74, 6) is 7.14. The summed E-state index contributed by atoms with van der Waals surface area (Å²) in [5, 5.41) is 12.8. The third-order valence-electron chi connectivity index (χ3n) is 3.33. The van der Waals surface area contributed by atoms with Crippen molar-refractivity contribution < 1.29 is 0 Å². The fourth-order valence-electron chi connectivity index (χ4n) is 2.08. The van der Waals surface area contributed by atoms with Gasteiger partial charge >= 0.3 is 0 Å². The zero-order valence-corrected chi connectivity index (χ0v) is 16.2. The van der Waals surface area contributed by atoms with E-state index in [1.54, 1.807) is 6.21 Å². The fraction of sp³-hybridized carbons (Fsp3) is 0.0556. The van der Waals surface area contributed by atoms with Crippen LogP contribution in [0.4, 0.5) is 5.95 Å². The van der Waals surface area contributed by atoms with Gasteiger partial charge in [0.15, 0.2) is 0 Å². The van der Waals surface area contributed by atoms with Crippen LogP contribution in [0.1, 0.15) is 11.1 Å². The standard InChI is InChI=1S/C18H17BrN6S/c19-16-10-4-8-15(12-16)13-26-18-24-23-17(25(18)20)22-21-11-5-9-14-6-2-1-3-7-14/h1-12H,13,20H2,(H,22,23)/b9-5+,21-11+. The number of hydrogen-bond donors (Lipinski definition) is 2. The highest BCUT2D eigenvalue weighted by molar-refractivity contribution is 9.10. The Balaban J connectivity index is 1.53. The van der Waals surface area contributed by atoms with Gasteiger partial charge in [0.05, 0.1) is 0 Å². The Morgan fingerprint density at radius 2 is 2.00 bits per heavy atom. The molecule has 0 aliphatic carbocycles. The normalized spacial score (nSPS) is 11.4. The number of benzene rings is 2. The van der Waals surface area contributed by atoms with Gasteiger partial charge in [-0.2, -0.15) is 5.10 Å². The first kappa shape index (κ1) is 18.2. The number of nitrogens with zero attached hydrogens (tertiary/aromatic N) is 4. The summed E-state index contributed by atoms with van der Waals surface area (Å²) >= 11 is 4.97. The van der Waals surface area contributed by atoms with Crippen molar-refractivity contribution in [2.45, 2.75) is 10.9 Å². The van der Waals surface area contributed by atoms with Crippen molar-refractivity contribution in [3.63, 3.8) is 0 Å². The van der Waals surface area contributed by atoms with Crippen LogP contribution in [0.3, 0.4) is 0 Å². The Bertz CT molecular complexity index is 907. The van der Waals surface area contributed by atoms with Gasteiger partial charge in [0.2, 0.25) is 5.16 Å². The van der Waals surface area contributed by atoms with E-state index in [9.17, 15) is 0 Å². The zero-order valence-electron chi connectivity index (χ0n) is 13.8. The lowest BCUT2D eigenvalue weighted by atomic mass is 10.2. The highest BCUT2D eigenvalue weighted by Gasteiger charge is 2.09. The van der Waals surface area contributed by atoms with E-state index in [2.05, 4.69) is 48.8 Å². The number of halogens is 1. The lowest BCUT2D eigenvalue weighted by Gasteiger charge is -2.03. The molecule has 0 aliphatic rings. The van der Waals surface area contributed by atoms with Gasteiger partial charge in [0.25, 0.3) is 5.95 Å². The molecule has 3 N–H and O–H groups in total. The summed E-state index contributed by atoms with van der Waals surface area (Å²) < 4.78 is 2.44. The molecule has 0 atom stereocenters. The second kappa shape index (κ2) is 9.21. The van der Waals surface area contributed by atoms with Gasteiger partial charge in [-0.05, 0) is 29.3 Å². The Hall–Kier alpha value is -2.58. The maximum absolute atomic E-state index is 6.01. The smallest absolute Gasteiger partial charge is 0.264 e. The second-order valence-corrected chi connectivity index (χ2v) is 7.11. The minimum absolute atomic E-state index is 0.381. The molecule has 8 heteroatoms. The summed E-state index contributed by atoms with van der Waals surface area (Å²) in [6.07, 6.45) is 5.43. The summed E-state index contributed by atoms with van der Waals surface area (Å²) in [6, 6.07) is 18.1. The minimum Gasteiger partial charge on any atom is -0.334 e. The zero-order chi connectivity index (χ0) is 18.2. The second-order valence-electron chi connectivity index (χ2n) is 5.25. The van der Waals surface area contributed by atoms with Crippen LogP contribution >= 0.6 is 27.7 Å². The summed E-state index contributed by atoms with van der Waals surface area (Å²) in [7, 11) is 0. The number of allylic oxidation sites excluding steroid dienone is 1. The lowest BCUT2D eigenvalue weighted by Crippen LogP contribution is -2.13. The Morgan fingerprint density at radius 1 is 1.15 bits per heavy atom. The van der Waals surface area contributed by atoms with E-state index in [1.807, 2.05) is 54.6 Å². The van der Waals surface area contributed by atoms with Crippen LogP contribution in [0.2, 0.25) is 0 Å². The predicted molar refractivity (Wildman–Crippen MR) is 111 cm³/mol. The van der Waals surface area contributed by atoms with Crippen LogP contribution in [0.5, 0.6) is 0 Å². The van der Waals surface area contributed by atoms with Crippen LogP contribution in [0, 0.1) is 0 Å². The van der Waals surface area contributed by atoms with Gasteiger partial charge in [0, 0.05) is 16.4 Å². The van der Waals surface area contributed by atoms with Crippen LogP contribution in [0.25, 0.3) is 6.08 Å². The summed E-state index contributed by atoms with van der Waals surface area (Å²) in [6.45, 7) is 0. The van der Waals surface area contributed by atoms with Gasteiger partial charge in [-0.15, -0.1) is 10.2 Å². The van der Waals surface area contributed by atoms with Crippen molar-refractivity contribution in [1.29, 1.82) is 0 Å². The van der Waals surface area contributed by atoms with Crippen molar-refractivity contribution in [3.8, 4) is 0 Å². The maximum atomic E-state index is 6.01.